The molecule has 0 atom stereocenters. The van der Waals surface area contributed by atoms with Crippen molar-refractivity contribution in [3.63, 3.8) is 0 Å². The van der Waals surface area contributed by atoms with Crippen LogP contribution in [0.15, 0.2) is 10.9 Å². The van der Waals surface area contributed by atoms with Gasteiger partial charge in [-0.3, -0.25) is 9.36 Å². The van der Waals surface area contributed by atoms with Crippen LogP contribution in [0.2, 0.25) is 0 Å². The first kappa shape index (κ1) is 14.3. The molecular formula is C14H20N2O2. The van der Waals surface area contributed by atoms with Crippen molar-refractivity contribution in [1.29, 1.82) is 5.26 Å². The molecule has 0 saturated carbocycles. The van der Waals surface area contributed by atoms with Gasteiger partial charge in [-0.1, -0.05) is 26.7 Å². The Labute approximate surface area is 107 Å². The van der Waals surface area contributed by atoms with Crippen LogP contribution in [0.3, 0.4) is 0 Å². The minimum Gasteiger partial charge on any atom is -0.494 e. The number of pyridine rings is 1. The summed E-state index contributed by atoms with van der Waals surface area (Å²) in [7, 11) is 0. The van der Waals surface area contributed by atoms with E-state index in [4.69, 9.17) is 5.26 Å². The van der Waals surface area contributed by atoms with Crippen LogP contribution in [-0.2, 0) is 6.54 Å². The highest BCUT2D eigenvalue weighted by molar-refractivity contribution is 5.37. The lowest BCUT2D eigenvalue weighted by Crippen LogP contribution is -2.23. The van der Waals surface area contributed by atoms with E-state index in [9.17, 15) is 9.90 Å². The standard InChI is InChI=1S/C14H20N2O2/c1-10(2)6-4-5-7-16-13(17)8-11(3)12(9-15)14(16)18/h8,10,17H,4-7H2,1-3H3. The molecule has 0 amide bonds. The normalized spacial score (nSPS) is 10.6. The van der Waals surface area contributed by atoms with Crippen LogP contribution in [0.25, 0.3) is 0 Å². The van der Waals surface area contributed by atoms with Crippen LogP contribution in [0, 0.1) is 24.2 Å². The van der Waals surface area contributed by atoms with Gasteiger partial charge in [0.1, 0.15) is 11.6 Å². The highest BCUT2D eigenvalue weighted by Crippen LogP contribution is 2.14. The maximum atomic E-state index is 12.0. The molecule has 1 aromatic rings. The quantitative estimate of drug-likeness (QED) is 0.814. The molecule has 0 spiro atoms. The van der Waals surface area contributed by atoms with Gasteiger partial charge in [-0.15, -0.1) is 0 Å². The van der Waals surface area contributed by atoms with Gasteiger partial charge in [0.25, 0.3) is 5.56 Å². The lowest BCUT2D eigenvalue weighted by Gasteiger charge is -2.10. The van der Waals surface area contributed by atoms with E-state index in [0.29, 0.717) is 18.0 Å². The van der Waals surface area contributed by atoms with E-state index in [-0.39, 0.29) is 17.0 Å². The van der Waals surface area contributed by atoms with E-state index in [1.54, 1.807) is 6.92 Å². The van der Waals surface area contributed by atoms with E-state index < -0.39 is 0 Å². The maximum Gasteiger partial charge on any atom is 0.271 e. The Morgan fingerprint density at radius 1 is 1.44 bits per heavy atom. The Morgan fingerprint density at radius 2 is 2.11 bits per heavy atom. The summed E-state index contributed by atoms with van der Waals surface area (Å²) < 4.78 is 1.28. The number of aromatic hydroxyl groups is 1. The van der Waals surface area contributed by atoms with E-state index in [1.807, 2.05) is 6.07 Å². The molecule has 0 saturated heterocycles. The fraction of sp³-hybridized carbons (Fsp3) is 0.571. The van der Waals surface area contributed by atoms with E-state index in [0.717, 1.165) is 19.3 Å². The Bertz CT molecular complexity index is 510. The molecule has 0 unspecified atom stereocenters. The smallest absolute Gasteiger partial charge is 0.271 e. The number of unbranched alkanes of at least 4 members (excludes halogenated alkanes) is 1. The molecule has 4 heteroatoms. The van der Waals surface area contributed by atoms with Crippen LogP contribution >= 0.6 is 0 Å². The van der Waals surface area contributed by atoms with Crippen LogP contribution in [-0.4, -0.2) is 9.67 Å². The third-order valence-electron chi connectivity index (χ3n) is 3.00. The van der Waals surface area contributed by atoms with E-state index >= 15 is 0 Å². The fourth-order valence-corrected chi connectivity index (χ4v) is 1.93. The first-order valence-corrected chi connectivity index (χ1v) is 6.31. The van der Waals surface area contributed by atoms with Gasteiger partial charge in [0.15, 0.2) is 5.88 Å². The third kappa shape index (κ3) is 3.36. The van der Waals surface area contributed by atoms with Gasteiger partial charge in [-0.2, -0.15) is 5.26 Å². The second-order valence-electron chi connectivity index (χ2n) is 5.02. The minimum atomic E-state index is -0.389. The number of hydrogen-bond donors (Lipinski definition) is 1. The molecule has 1 heterocycles. The summed E-state index contributed by atoms with van der Waals surface area (Å²) in [5.74, 6) is 0.587. The predicted molar refractivity (Wildman–Crippen MR) is 70.5 cm³/mol. The zero-order valence-electron chi connectivity index (χ0n) is 11.2. The molecule has 1 rings (SSSR count). The second kappa shape index (κ2) is 6.25. The molecule has 18 heavy (non-hydrogen) atoms. The molecule has 0 aliphatic rings. The Kier molecular flexibility index (Phi) is 4.96. The van der Waals surface area contributed by atoms with Gasteiger partial charge >= 0.3 is 0 Å². The van der Waals surface area contributed by atoms with Crippen molar-refractivity contribution in [2.45, 2.75) is 46.6 Å². The molecule has 0 aliphatic carbocycles. The minimum absolute atomic E-state index is 0.0546. The Balaban J connectivity index is 2.84. The number of nitrogens with zero attached hydrogens (tertiary/aromatic N) is 2. The Hall–Kier alpha value is -1.76. The summed E-state index contributed by atoms with van der Waals surface area (Å²) in [5, 5.41) is 18.7. The number of nitriles is 1. The first-order valence-electron chi connectivity index (χ1n) is 6.31. The molecule has 1 aromatic heterocycles. The zero-order chi connectivity index (χ0) is 13.7. The average molecular weight is 248 g/mol. The van der Waals surface area contributed by atoms with Gasteiger partial charge in [0, 0.05) is 12.6 Å². The van der Waals surface area contributed by atoms with Gasteiger partial charge in [0.2, 0.25) is 0 Å². The average Bonchev–Trinajstić information content (AvgIpc) is 2.27. The van der Waals surface area contributed by atoms with Crippen LogP contribution in [0.1, 0.15) is 44.2 Å². The molecule has 98 valence electrons. The summed E-state index contributed by atoms with van der Waals surface area (Å²) in [6, 6.07) is 3.37. The molecule has 0 aromatic carbocycles. The van der Waals surface area contributed by atoms with Crippen LogP contribution in [0.5, 0.6) is 5.88 Å². The highest BCUT2D eigenvalue weighted by atomic mass is 16.3. The van der Waals surface area contributed by atoms with Crippen LogP contribution < -0.4 is 5.56 Å². The summed E-state index contributed by atoms with van der Waals surface area (Å²) in [6.07, 6.45) is 2.95. The molecule has 0 radical (unpaired) electrons. The molecule has 1 N–H and O–H groups in total. The van der Waals surface area contributed by atoms with Crippen molar-refractivity contribution >= 4 is 0 Å². The van der Waals surface area contributed by atoms with E-state index in [1.165, 1.54) is 10.6 Å². The summed E-state index contributed by atoms with van der Waals surface area (Å²) in [4.78, 5) is 12.0. The fourth-order valence-electron chi connectivity index (χ4n) is 1.93. The zero-order valence-corrected chi connectivity index (χ0v) is 11.2. The largest absolute Gasteiger partial charge is 0.494 e. The number of aryl methyl sites for hydroxylation is 1. The molecule has 4 nitrogen and oxygen atoms in total. The summed E-state index contributed by atoms with van der Waals surface area (Å²) in [6.45, 7) is 6.43. The Morgan fingerprint density at radius 3 is 2.67 bits per heavy atom. The number of aromatic nitrogens is 1. The molecule has 0 bridgehead atoms. The predicted octanol–water partition coefficient (Wildman–Crippen LogP) is 2.56. The maximum absolute atomic E-state index is 12.0. The molecule has 0 fully saturated rings. The second-order valence-corrected chi connectivity index (χ2v) is 5.02. The first-order chi connectivity index (χ1) is 8.47. The van der Waals surface area contributed by atoms with Crippen molar-refractivity contribution in [2.75, 3.05) is 0 Å². The van der Waals surface area contributed by atoms with Crippen molar-refractivity contribution in [3.8, 4) is 11.9 Å². The van der Waals surface area contributed by atoms with Gasteiger partial charge in [-0.25, -0.2) is 0 Å². The van der Waals surface area contributed by atoms with Gasteiger partial charge in [-0.05, 0) is 24.8 Å². The molecular weight excluding hydrogens is 228 g/mol. The highest BCUT2D eigenvalue weighted by Gasteiger charge is 2.11. The van der Waals surface area contributed by atoms with Crippen molar-refractivity contribution in [2.24, 2.45) is 5.92 Å². The van der Waals surface area contributed by atoms with Gasteiger partial charge < -0.3 is 5.11 Å². The van der Waals surface area contributed by atoms with Crippen molar-refractivity contribution in [3.05, 3.63) is 27.5 Å². The summed E-state index contributed by atoms with van der Waals surface area (Å²) in [5.41, 5.74) is 0.259. The number of rotatable bonds is 5. The van der Waals surface area contributed by atoms with Crippen molar-refractivity contribution < 1.29 is 5.11 Å². The van der Waals surface area contributed by atoms with Crippen LogP contribution in [0.4, 0.5) is 0 Å². The topological polar surface area (TPSA) is 66.0 Å². The SMILES string of the molecule is Cc1cc(O)n(CCCCC(C)C)c(=O)c1C#N. The van der Waals surface area contributed by atoms with Gasteiger partial charge in [0.05, 0.1) is 0 Å². The number of hydrogen-bond acceptors (Lipinski definition) is 3. The molecule has 0 aliphatic heterocycles. The monoisotopic (exact) mass is 248 g/mol. The third-order valence-corrected chi connectivity index (χ3v) is 3.00. The van der Waals surface area contributed by atoms with Crippen molar-refractivity contribution in [1.82, 2.24) is 4.57 Å². The lowest BCUT2D eigenvalue weighted by molar-refractivity contribution is 0.395. The van der Waals surface area contributed by atoms with E-state index in [2.05, 4.69) is 13.8 Å². The summed E-state index contributed by atoms with van der Waals surface area (Å²) >= 11 is 0. The lowest BCUT2D eigenvalue weighted by atomic mass is 10.1.